The smallest absolute Gasteiger partial charge is 0.243 e. The van der Waals surface area contributed by atoms with Crippen LogP contribution in [0.1, 0.15) is 22.8 Å². The maximum absolute atomic E-state index is 12.1. The summed E-state index contributed by atoms with van der Waals surface area (Å²) < 4.78 is 5.23. The number of hydrogen-bond acceptors (Lipinski definition) is 4. The minimum Gasteiger partial charge on any atom is -0.495 e. The molecule has 0 aliphatic carbocycles. The molecule has 5 nitrogen and oxygen atoms in total. The minimum absolute atomic E-state index is 0.0236. The number of ether oxygens (including phenoxy) is 1. The first-order valence-corrected chi connectivity index (χ1v) is 7.77. The molecule has 0 aromatic heterocycles. The lowest BCUT2D eigenvalue weighted by Gasteiger charge is -2.13. The van der Waals surface area contributed by atoms with Crippen LogP contribution in [-0.4, -0.2) is 25.3 Å². The first kappa shape index (κ1) is 17.8. The second-order valence-corrected chi connectivity index (χ2v) is 5.75. The number of Topliss-reactive ketones (excluding diaryl/α,β-unsaturated/α-hetero) is 1. The summed E-state index contributed by atoms with van der Waals surface area (Å²) in [5.41, 5.74) is 2.70. The van der Waals surface area contributed by atoms with E-state index in [1.807, 2.05) is 6.92 Å². The SMILES string of the molecule is COc1cc(Cl)c(C)cc1NC(=O)CNc1cccc(C(C)=O)c1. The van der Waals surface area contributed by atoms with Crippen LogP contribution in [0.15, 0.2) is 36.4 Å². The van der Waals surface area contributed by atoms with Crippen LogP contribution in [0.3, 0.4) is 0 Å². The fraction of sp³-hybridized carbons (Fsp3) is 0.222. The predicted molar refractivity (Wildman–Crippen MR) is 96.3 cm³/mol. The highest BCUT2D eigenvalue weighted by atomic mass is 35.5. The van der Waals surface area contributed by atoms with E-state index in [-0.39, 0.29) is 18.2 Å². The van der Waals surface area contributed by atoms with Gasteiger partial charge < -0.3 is 15.4 Å². The van der Waals surface area contributed by atoms with Crippen LogP contribution in [-0.2, 0) is 4.79 Å². The van der Waals surface area contributed by atoms with Gasteiger partial charge in [0.25, 0.3) is 0 Å². The Hall–Kier alpha value is -2.53. The van der Waals surface area contributed by atoms with Crippen LogP contribution in [0.25, 0.3) is 0 Å². The topological polar surface area (TPSA) is 67.4 Å². The van der Waals surface area contributed by atoms with Crippen LogP contribution < -0.4 is 15.4 Å². The summed E-state index contributed by atoms with van der Waals surface area (Å²) in [7, 11) is 1.52. The number of carbonyl (C=O) groups excluding carboxylic acids is 2. The van der Waals surface area contributed by atoms with E-state index in [0.717, 1.165) is 5.56 Å². The molecule has 0 fully saturated rings. The summed E-state index contributed by atoms with van der Waals surface area (Å²) in [5, 5.41) is 6.35. The number of halogens is 1. The Balaban J connectivity index is 2.03. The van der Waals surface area contributed by atoms with Crippen molar-refractivity contribution < 1.29 is 14.3 Å². The number of rotatable bonds is 6. The Labute approximate surface area is 146 Å². The lowest BCUT2D eigenvalue weighted by molar-refractivity contribution is -0.114. The maximum Gasteiger partial charge on any atom is 0.243 e. The standard InChI is InChI=1S/C18H19ClN2O3/c1-11-7-16(17(24-3)9-15(11)19)21-18(23)10-20-14-6-4-5-13(8-14)12(2)22/h4-9,20H,10H2,1-3H3,(H,21,23). The predicted octanol–water partition coefficient (Wildman–Crippen LogP) is 3.91. The van der Waals surface area contributed by atoms with Gasteiger partial charge in [-0.2, -0.15) is 0 Å². The average molecular weight is 347 g/mol. The second kappa shape index (κ2) is 7.84. The number of nitrogens with one attached hydrogen (secondary N) is 2. The number of hydrogen-bond donors (Lipinski definition) is 2. The second-order valence-electron chi connectivity index (χ2n) is 5.34. The third-order valence-corrected chi connectivity index (χ3v) is 3.88. The van der Waals surface area contributed by atoms with Crippen molar-refractivity contribution in [2.24, 2.45) is 0 Å². The summed E-state index contributed by atoms with van der Waals surface area (Å²) in [6, 6.07) is 10.4. The third-order valence-electron chi connectivity index (χ3n) is 3.48. The van der Waals surface area contributed by atoms with Crippen LogP contribution in [0.2, 0.25) is 5.02 Å². The molecule has 2 rings (SSSR count). The highest BCUT2D eigenvalue weighted by molar-refractivity contribution is 6.31. The van der Waals surface area contributed by atoms with Crippen molar-refractivity contribution in [2.45, 2.75) is 13.8 Å². The fourth-order valence-corrected chi connectivity index (χ4v) is 2.31. The number of methoxy groups -OCH3 is 1. The van der Waals surface area contributed by atoms with E-state index in [1.165, 1.54) is 14.0 Å². The number of aryl methyl sites for hydroxylation is 1. The van der Waals surface area contributed by atoms with E-state index < -0.39 is 0 Å². The van der Waals surface area contributed by atoms with Crippen molar-refractivity contribution in [3.63, 3.8) is 0 Å². The van der Waals surface area contributed by atoms with E-state index >= 15 is 0 Å². The molecule has 1 amide bonds. The first-order valence-electron chi connectivity index (χ1n) is 7.39. The molecule has 0 heterocycles. The average Bonchev–Trinajstić information content (AvgIpc) is 2.56. The van der Waals surface area contributed by atoms with E-state index in [0.29, 0.717) is 27.7 Å². The van der Waals surface area contributed by atoms with Gasteiger partial charge in [0.1, 0.15) is 5.75 Å². The molecule has 0 saturated heterocycles. The van der Waals surface area contributed by atoms with Gasteiger partial charge in [0.2, 0.25) is 5.91 Å². The van der Waals surface area contributed by atoms with Gasteiger partial charge in [0.15, 0.2) is 5.78 Å². The minimum atomic E-state index is -0.233. The monoisotopic (exact) mass is 346 g/mol. The van der Waals surface area contributed by atoms with E-state index in [4.69, 9.17) is 16.3 Å². The number of amides is 1. The van der Waals surface area contributed by atoms with Crippen LogP contribution in [0.4, 0.5) is 11.4 Å². The summed E-state index contributed by atoms with van der Waals surface area (Å²) in [6.45, 7) is 3.41. The zero-order chi connectivity index (χ0) is 17.7. The highest BCUT2D eigenvalue weighted by Crippen LogP contribution is 2.30. The fourth-order valence-electron chi connectivity index (χ4n) is 2.15. The third kappa shape index (κ3) is 4.49. The molecule has 2 N–H and O–H groups in total. The van der Waals surface area contributed by atoms with Crippen molar-refractivity contribution >= 4 is 34.7 Å². The van der Waals surface area contributed by atoms with Gasteiger partial charge in [-0.1, -0.05) is 23.7 Å². The molecule has 24 heavy (non-hydrogen) atoms. The molecule has 0 bridgehead atoms. The van der Waals surface area contributed by atoms with Crippen molar-refractivity contribution in [3.8, 4) is 5.75 Å². The molecule has 0 aliphatic rings. The van der Waals surface area contributed by atoms with Gasteiger partial charge in [-0.05, 0) is 37.6 Å². The van der Waals surface area contributed by atoms with Crippen molar-refractivity contribution in [2.75, 3.05) is 24.3 Å². The maximum atomic E-state index is 12.1. The molecule has 0 unspecified atom stereocenters. The van der Waals surface area contributed by atoms with Gasteiger partial charge in [-0.25, -0.2) is 0 Å². The van der Waals surface area contributed by atoms with Gasteiger partial charge >= 0.3 is 0 Å². The summed E-state index contributed by atoms with van der Waals surface area (Å²) in [5.74, 6) is 0.241. The van der Waals surface area contributed by atoms with E-state index in [1.54, 1.807) is 36.4 Å². The number of carbonyl (C=O) groups is 2. The van der Waals surface area contributed by atoms with Crippen molar-refractivity contribution in [1.29, 1.82) is 0 Å². The summed E-state index contributed by atoms with van der Waals surface area (Å²) >= 11 is 6.05. The number of ketones is 1. The van der Waals surface area contributed by atoms with Gasteiger partial charge in [-0.3, -0.25) is 9.59 Å². The molecule has 0 aliphatic heterocycles. The molecule has 126 valence electrons. The molecule has 6 heteroatoms. The van der Waals surface area contributed by atoms with E-state index in [2.05, 4.69) is 10.6 Å². The quantitative estimate of drug-likeness (QED) is 0.778. The van der Waals surface area contributed by atoms with Crippen LogP contribution in [0.5, 0.6) is 5.75 Å². The number of anilines is 2. The molecular formula is C18H19ClN2O3. The molecule has 0 spiro atoms. The Morgan fingerprint density at radius 1 is 1.21 bits per heavy atom. The van der Waals surface area contributed by atoms with Crippen molar-refractivity contribution in [3.05, 3.63) is 52.5 Å². The molecule has 0 radical (unpaired) electrons. The van der Waals surface area contributed by atoms with Crippen LogP contribution in [0, 0.1) is 6.92 Å². The zero-order valence-electron chi connectivity index (χ0n) is 13.8. The van der Waals surface area contributed by atoms with Gasteiger partial charge in [0, 0.05) is 22.3 Å². The van der Waals surface area contributed by atoms with E-state index in [9.17, 15) is 9.59 Å². The Morgan fingerprint density at radius 2 is 1.96 bits per heavy atom. The number of benzene rings is 2. The summed E-state index contributed by atoms with van der Waals surface area (Å²) in [4.78, 5) is 23.5. The van der Waals surface area contributed by atoms with Crippen LogP contribution >= 0.6 is 11.6 Å². The Bertz CT molecular complexity index is 775. The Kier molecular flexibility index (Phi) is 5.82. The van der Waals surface area contributed by atoms with Gasteiger partial charge in [0.05, 0.1) is 19.3 Å². The molecular weight excluding hydrogens is 328 g/mol. The lowest BCUT2D eigenvalue weighted by Crippen LogP contribution is -2.22. The molecule has 2 aromatic carbocycles. The highest BCUT2D eigenvalue weighted by Gasteiger charge is 2.10. The molecule has 2 aromatic rings. The Morgan fingerprint density at radius 3 is 2.62 bits per heavy atom. The zero-order valence-corrected chi connectivity index (χ0v) is 14.5. The molecule has 0 atom stereocenters. The summed E-state index contributed by atoms with van der Waals surface area (Å²) in [6.07, 6.45) is 0. The first-order chi connectivity index (χ1) is 11.4. The molecule has 0 saturated carbocycles. The largest absolute Gasteiger partial charge is 0.495 e. The van der Waals surface area contributed by atoms with Crippen molar-refractivity contribution in [1.82, 2.24) is 0 Å². The normalized spacial score (nSPS) is 10.2. The van der Waals surface area contributed by atoms with Gasteiger partial charge in [-0.15, -0.1) is 0 Å². The lowest BCUT2D eigenvalue weighted by atomic mass is 10.1.